The molecule has 0 unspecified atom stereocenters. The van der Waals surface area contributed by atoms with Crippen LogP contribution >= 0.6 is 19.7 Å². The Bertz CT molecular complexity index is 402. The van der Waals surface area contributed by atoms with Crippen molar-refractivity contribution in [3.63, 3.8) is 0 Å². The highest BCUT2D eigenvalue weighted by Gasteiger charge is 2.62. The molecule has 0 aromatic rings. The molecule has 2 saturated heterocycles. The van der Waals surface area contributed by atoms with E-state index in [2.05, 4.69) is 33.0 Å². The highest BCUT2D eigenvalue weighted by Crippen LogP contribution is 2.69. The molecule has 3 fully saturated rings. The van der Waals surface area contributed by atoms with Gasteiger partial charge in [-0.05, 0) is 18.8 Å². The summed E-state index contributed by atoms with van der Waals surface area (Å²) in [7, 11) is -3.08. The van der Waals surface area contributed by atoms with Gasteiger partial charge in [-0.2, -0.15) is 0 Å². The quantitative estimate of drug-likeness (QED) is 0.775. The van der Waals surface area contributed by atoms with Crippen LogP contribution in [0.3, 0.4) is 0 Å². The molecule has 1 aliphatic carbocycles. The Kier molecular flexibility index (Phi) is 4.89. The van der Waals surface area contributed by atoms with Gasteiger partial charge in [-0.3, -0.25) is 5.32 Å². The predicted molar refractivity (Wildman–Crippen MR) is 91.6 cm³/mol. The van der Waals surface area contributed by atoms with Crippen LogP contribution in [0, 0.1) is 11.3 Å². The van der Waals surface area contributed by atoms with E-state index in [9.17, 15) is 4.89 Å². The molecule has 128 valence electrons. The first-order valence-corrected chi connectivity index (χ1v) is 11.1. The topological polar surface area (TPSA) is 53.5 Å². The molecule has 2 atom stereocenters. The molecular formula is C16H30NO3PS. The molecule has 2 heterocycles. The van der Waals surface area contributed by atoms with Crippen LogP contribution in [0.25, 0.3) is 0 Å². The normalized spacial score (nSPS) is 36.8. The molecule has 6 heteroatoms. The maximum absolute atomic E-state index is 13.4. The maximum Gasteiger partial charge on any atom is 0.256 e. The van der Waals surface area contributed by atoms with Gasteiger partial charge in [0, 0.05) is 5.41 Å². The smallest absolute Gasteiger partial charge is 0.256 e. The summed E-state index contributed by atoms with van der Waals surface area (Å²) >= 11 is 2.00. The number of rotatable bonds is 2. The Balaban J connectivity index is 1.83. The summed E-state index contributed by atoms with van der Waals surface area (Å²) in [5.74, 6) is 0.371. The number of hydrogen-bond donors (Lipinski definition) is 1. The van der Waals surface area contributed by atoms with Gasteiger partial charge >= 0.3 is 0 Å². The van der Waals surface area contributed by atoms with Gasteiger partial charge in [0.2, 0.25) is 0 Å². The Morgan fingerprint density at radius 2 is 1.73 bits per heavy atom. The Morgan fingerprint density at radius 3 is 2.27 bits per heavy atom. The van der Waals surface area contributed by atoms with Crippen LogP contribution in [-0.4, -0.2) is 29.1 Å². The van der Waals surface area contributed by atoms with Crippen LogP contribution in [0.4, 0.5) is 0 Å². The fourth-order valence-corrected chi connectivity index (χ4v) is 8.65. The lowest BCUT2D eigenvalue weighted by Gasteiger charge is -2.46. The SMILES string of the molecule is CC(C)[C@@H]1N[C@@H]([P+]2([O-])OCC(C)(C)CO2)C2(CCCCC2)S1. The zero-order valence-corrected chi connectivity index (χ0v) is 16.0. The summed E-state index contributed by atoms with van der Waals surface area (Å²) in [5, 5.41) is 3.98. The van der Waals surface area contributed by atoms with Gasteiger partial charge in [-0.25, -0.2) is 9.05 Å². The second-order valence-corrected chi connectivity index (χ2v) is 11.9. The molecule has 0 radical (unpaired) electrons. The minimum absolute atomic E-state index is 0.0319. The van der Waals surface area contributed by atoms with E-state index < -0.39 is 7.94 Å². The van der Waals surface area contributed by atoms with Gasteiger partial charge in [-0.1, -0.05) is 47.0 Å². The minimum Gasteiger partial charge on any atom is -0.630 e. The number of hydrogen-bond acceptors (Lipinski definition) is 5. The van der Waals surface area contributed by atoms with Crippen LogP contribution in [0.1, 0.15) is 59.8 Å². The van der Waals surface area contributed by atoms with Crippen molar-refractivity contribution in [2.75, 3.05) is 13.2 Å². The molecule has 0 bridgehead atoms. The van der Waals surface area contributed by atoms with E-state index in [0.717, 1.165) is 12.8 Å². The average Bonchev–Trinajstić information content (AvgIpc) is 2.84. The van der Waals surface area contributed by atoms with Gasteiger partial charge < -0.3 is 4.89 Å². The van der Waals surface area contributed by atoms with Crippen LogP contribution in [0.15, 0.2) is 0 Å². The van der Waals surface area contributed by atoms with Crippen molar-refractivity contribution in [3.8, 4) is 0 Å². The summed E-state index contributed by atoms with van der Waals surface area (Å²) in [6.07, 6.45) is 5.99. The Morgan fingerprint density at radius 1 is 1.14 bits per heavy atom. The first-order chi connectivity index (χ1) is 10.3. The number of nitrogens with one attached hydrogen (secondary N) is 1. The fourth-order valence-electron chi connectivity index (χ4n) is 3.67. The lowest BCUT2D eigenvalue weighted by Crippen LogP contribution is -2.51. The Hall–Kier alpha value is 0.620. The maximum atomic E-state index is 13.4. The van der Waals surface area contributed by atoms with Crippen molar-refractivity contribution in [1.82, 2.24) is 5.32 Å². The van der Waals surface area contributed by atoms with E-state index in [-0.39, 0.29) is 15.9 Å². The predicted octanol–water partition coefficient (Wildman–Crippen LogP) is 3.53. The fraction of sp³-hybridized carbons (Fsp3) is 1.00. The van der Waals surface area contributed by atoms with Crippen LogP contribution < -0.4 is 10.2 Å². The molecule has 3 aliphatic rings. The Labute approximate surface area is 139 Å². The molecule has 2 aliphatic heterocycles. The first kappa shape index (κ1) is 17.4. The average molecular weight is 347 g/mol. The third-order valence-corrected chi connectivity index (χ3v) is 9.55. The summed E-state index contributed by atoms with van der Waals surface area (Å²) in [6, 6.07) is 0. The summed E-state index contributed by atoms with van der Waals surface area (Å²) in [4.78, 5) is 13.4. The standard InChI is InChI=1S/C16H30NO3PS/c1-12(2)13-17-14(16(22-13)8-6-5-7-9-16)21(18)19-10-15(3,4)11-20-21/h12-14,17H,5-11H2,1-4H3/t13-,14+/m1/s1. The van der Waals surface area contributed by atoms with Crippen molar-refractivity contribution in [2.45, 2.75) is 75.7 Å². The second kappa shape index (κ2) is 6.16. The molecular weight excluding hydrogens is 317 g/mol. The van der Waals surface area contributed by atoms with E-state index in [0.29, 0.717) is 24.5 Å². The number of thioether (sulfide) groups is 1. The zero-order chi connectivity index (χ0) is 16.0. The van der Waals surface area contributed by atoms with E-state index in [1.807, 2.05) is 11.8 Å². The third kappa shape index (κ3) is 3.22. The van der Waals surface area contributed by atoms with Crippen LogP contribution in [0.5, 0.6) is 0 Å². The summed E-state index contributed by atoms with van der Waals surface area (Å²) < 4.78 is 11.8. The minimum atomic E-state index is -3.08. The van der Waals surface area contributed by atoms with Gasteiger partial charge in [0.15, 0.2) is 5.78 Å². The first-order valence-electron chi connectivity index (χ1n) is 8.59. The van der Waals surface area contributed by atoms with Crippen molar-refractivity contribution < 1.29 is 13.9 Å². The van der Waals surface area contributed by atoms with Gasteiger partial charge in [0.25, 0.3) is 7.94 Å². The van der Waals surface area contributed by atoms with Gasteiger partial charge in [0.05, 0.1) is 10.1 Å². The van der Waals surface area contributed by atoms with E-state index in [1.165, 1.54) is 19.3 Å². The molecule has 0 aromatic heterocycles. The molecule has 0 aromatic carbocycles. The van der Waals surface area contributed by atoms with Crippen molar-refractivity contribution in [1.29, 1.82) is 0 Å². The molecule has 1 saturated carbocycles. The van der Waals surface area contributed by atoms with Crippen molar-refractivity contribution in [2.24, 2.45) is 11.3 Å². The van der Waals surface area contributed by atoms with Crippen molar-refractivity contribution in [3.05, 3.63) is 0 Å². The second-order valence-electron chi connectivity index (χ2n) is 8.23. The molecule has 3 rings (SSSR count). The monoisotopic (exact) mass is 347 g/mol. The van der Waals surface area contributed by atoms with Gasteiger partial charge in [-0.15, -0.1) is 11.8 Å². The zero-order valence-electron chi connectivity index (χ0n) is 14.3. The van der Waals surface area contributed by atoms with Crippen LogP contribution in [0.2, 0.25) is 0 Å². The van der Waals surface area contributed by atoms with E-state index in [4.69, 9.17) is 9.05 Å². The highest BCUT2D eigenvalue weighted by molar-refractivity contribution is 8.02. The lowest BCUT2D eigenvalue weighted by molar-refractivity contribution is -0.238. The van der Waals surface area contributed by atoms with Crippen molar-refractivity contribution >= 4 is 19.7 Å². The molecule has 22 heavy (non-hydrogen) atoms. The molecule has 4 nitrogen and oxygen atoms in total. The largest absolute Gasteiger partial charge is 0.630 e. The molecule has 0 amide bonds. The lowest BCUT2D eigenvalue weighted by atomic mass is 9.88. The third-order valence-electron chi connectivity index (χ3n) is 5.07. The molecule has 1 spiro atoms. The summed E-state index contributed by atoms with van der Waals surface area (Å²) in [5.41, 5.74) is -0.0448. The van der Waals surface area contributed by atoms with Gasteiger partial charge in [0.1, 0.15) is 13.2 Å². The highest BCUT2D eigenvalue weighted by atomic mass is 32.2. The molecule has 1 N–H and O–H groups in total. The summed E-state index contributed by atoms with van der Waals surface area (Å²) in [6.45, 7) is 9.70. The van der Waals surface area contributed by atoms with E-state index >= 15 is 0 Å². The van der Waals surface area contributed by atoms with Crippen LogP contribution in [-0.2, 0) is 9.05 Å². The van der Waals surface area contributed by atoms with E-state index in [1.54, 1.807) is 0 Å².